The molecule has 0 spiro atoms. The third-order valence-corrected chi connectivity index (χ3v) is 6.56. The molecular weight excluding hydrogens is 472 g/mol. The third-order valence-electron chi connectivity index (χ3n) is 6.56. The molecule has 1 unspecified atom stereocenters. The molecule has 1 aromatic carbocycles. The Morgan fingerprint density at radius 3 is 2.69 bits per heavy atom. The molecule has 36 heavy (non-hydrogen) atoms. The van der Waals surface area contributed by atoms with Crippen molar-refractivity contribution in [1.29, 1.82) is 0 Å². The molecule has 2 heterocycles. The van der Waals surface area contributed by atoms with E-state index in [0.717, 1.165) is 6.07 Å². The quantitative estimate of drug-likeness (QED) is 0.513. The van der Waals surface area contributed by atoms with Gasteiger partial charge in [-0.3, -0.25) is 14.9 Å². The number of hydrogen-bond acceptors (Lipinski definition) is 5. The van der Waals surface area contributed by atoms with Gasteiger partial charge in [0.25, 0.3) is 0 Å². The van der Waals surface area contributed by atoms with E-state index in [0.29, 0.717) is 49.7 Å². The van der Waals surface area contributed by atoms with Crippen LogP contribution in [0.25, 0.3) is 0 Å². The zero-order valence-corrected chi connectivity index (χ0v) is 20.1. The second kappa shape index (κ2) is 11.0. The number of allylic oxidation sites excluding steroid dienone is 2. The number of carboxylic acid groups (broad SMARTS) is 1. The standard InChI is InChI=1S/C25H29F2N5O4/c1-31-23(12-21(30-31)15-3-5-16(6-4-15)24(33)34)29-25(35)28-22-14-32(9-10-36-2)13-18(22)17-7-8-19(26)20(27)11-17/h3,5-8,11-12,15,18,22H,4,9-10,13-14H2,1-2H3,(H,33,34)(H2,28,29,35)/t15?,18-,22+/m0/s1. The van der Waals surface area contributed by atoms with E-state index in [9.17, 15) is 18.4 Å². The second-order valence-electron chi connectivity index (χ2n) is 8.98. The summed E-state index contributed by atoms with van der Waals surface area (Å²) in [6, 6.07) is 4.81. The van der Waals surface area contributed by atoms with Crippen molar-refractivity contribution in [3.05, 3.63) is 71.0 Å². The molecule has 0 radical (unpaired) electrons. The molecule has 2 aromatic rings. The Morgan fingerprint density at radius 1 is 1.22 bits per heavy atom. The lowest BCUT2D eigenvalue weighted by atomic mass is 9.94. The maximum Gasteiger partial charge on any atom is 0.335 e. The highest BCUT2D eigenvalue weighted by Crippen LogP contribution is 2.30. The van der Waals surface area contributed by atoms with Crippen molar-refractivity contribution in [2.75, 3.05) is 38.7 Å². The van der Waals surface area contributed by atoms with Crippen molar-refractivity contribution in [2.45, 2.75) is 24.3 Å². The van der Waals surface area contributed by atoms with Gasteiger partial charge in [-0.2, -0.15) is 5.10 Å². The molecule has 2 amide bonds. The molecule has 9 nitrogen and oxygen atoms in total. The zero-order valence-electron chi connectivity index (χ0n) is 20.1. The Bertz CT molecular complexity index is 1200. The molecule has 4 rings (SSSR count). The van der Waals surface area contributed by atoms with E-state index in [2.05, 4.69) is 20.6 Å². The maximum absolute atomic E-state index is 13.9. The van der Waals surface area contributed by atoms with Gasteiger partial charge in [0.15, 0.2) is 11.6 Å². The number of benzene rings is 1. The van der Waals surface area contributed by atoms with Crippen molar-refractivity contribution >= 4 is 17.8 Å². The number of hydrogen-bond donors (Lipinski definition) is 3. The first-order valence-electron chi connectivity index (χ1n) is 11.6. The van der Waals surface area contributed by atoms with Crippen LogP contribution in [0.15, 0.2) is 48.1 Å². The average Bonchev–Trinajstić information content (AvgIpc) is 3.42. The topological polar surface area (TPSA) is 109 Å². The van der Waals surface area contributed by atoms with Gasteiger partial charge < -0.3 is 15.2 Å². The van der Waals surface area contributed by atoms with Gasteiger partial charge in [0.2, 0.25) is 0 Å². The fourth-order valence-electron chi connectivity index (χ4n) is 4.62. The van der Waals surface area contributed by atoms with E-state index in [-0.39, 0.29) is 23.5 Å². The number of carboxylic acids is 1. The normalized spacial score (nSPS) is 21.9. The molecule has 1 aliphatic heterocycles. The summed E-state index contributed by atoms with van der Waals surface area (Å²) in [6.45, 7) is 2.26. The summed E-state index contributed by atoms with van der Waals surface area (Å²) in [5.74, 6) is -2.66. The number of likely N-dealkylation sites (tertiary alicyclic amines) is 1. The fourth-order valence-corrected chi connectivity index (χ4v) is 4.62. The van der Waals surface area contributed by atoms with E-state index < -0.39 is 23.6 Å². The predicted molar refractivity (Wildman–Crippen MR) is 129 cm³/mol. The van der Waals surface area contributed by atoms with Gasteiger partial charge >= 0.3 is 12.0 Å². The van der Waals surface area contributed by atoms with E-state index in [1.807, 2.05) is 0 Å². The summed E-state index contributed by atoms with van der Waals surface area (Å²) in [5.41, 5.74) is 1.56. The van der Waals surface area contributed by atoms with E-state index in [1.165, 1.54) is 6.07 Å². The predicted octanol–water partition coefficient (Wildman–Crippen LogP) is 2.99. The monoisotopic (exact) mass is 501 g/mol. The van der Waals surface area contributed by atoms with Crippen LogP contribution in [0.2, 0.25) is 0 Å². The highest BCUT2D eigenvalue weighted by molar-refractivity contribution is 5.90. The number of aromatic nitrogens is 2. The van der Waals surface area contributed by atoms with Crippen LogP contribution >= 0.6 is 0 Å². The average molecular weight is 502 g/mol. The van der Waals surface area contributed by atoms with Crippen LogP contribution in [-0.4, -0.2) is 71.2 Å². The number of methoxy groups -OCH3 is 1. The number of carbonyl (C=O) groups excluding carboxylic acids is 1. The van der Waals surface area contributed by atoms with Gasteiger partial charge in [-0.1, -0.05) is 24.3 Å². The minimum absolute atomic E-state index is 0.0974. The molecule has 192 valence electrons. The Balaban J connectivity index is 1.43. The van der Waals surface area contributed by atoms with Crippen molar-refractivity contribution in [2.24, 2.45) is 7.05 Å². The molecule has 0 bridgehead atoms. The van der Waals surface area contributed by atoms with Gasteiger partial charge in [0, 0.05) is 51.7 Å². The number of anilines is 1. The smallest absolute Gasteiger partial charge is 0.335 e. The molecule has 1 aromatic heterocycles. The zero-order chi connectivity index (χ0) is 25.8. The number of ether oxygens (including phenoxy) is 1. The lowest BCUT2D eigenvalue weighted by Gasteiger charge is -2.20. The van der Waals surface area contributed by atoms with Crippen LogP contribution in [-0.2, 0) is 16.6 Å². The van der Waals surface area contributed by atoms with Gasteiger partial charge in [-0.25, -0.2) is 18.4 Å². The van der Waals surface area contributed by atoms with Crippen LogP contribution in [0, 0.1) is 11.6 Å². The number of nitrogens with one attached hydrogen (secondary N) is 2. The number of amides is 2. The summed E-state index contributed by atoms with van der Waals surface area (Å²) in [7, 11) is 3.31. The molecule has 0 saturated carbocycles. The third kappa shape index (κ3) is 5.80. The van der Waals surface area contributed by atoms with Crippen molar-refractivity contribution < 1.29 is 28.2 Å². The van der Waals surface area contributed by atoms with E-state index in [4.69, 9.17) is 9.84 Å². The lowest BCUT2D eigenvalue weighted by molar-refractivity contribution is -0.132. The lowest BCUT2D eigenvalue weighted by Crippen LogP contribution is -2.42. The molecule has 3 N–H and O–H groups in total. The summed E-state index contributed by atoms with van der Waals surface area (Å²) >= 11 is 0. The Morgan fingerprint density at radius 2 is 2.03 bits per heavy atom. The molecule has 1 saturated heterocycles. The first kappa shape index (κ1) is 25.5. The second-order valence-corrected chi connectivity index (χ2v) is 8.98. The van der Waals surface area contributed by atoms with Crippen LogP contribution in [0.5, 0.6) is 0 Å². The number of aryl methyl sites for hydroxylation is 1. The van der Waals surface area contributed by atoms with Crippen LogP contribution in [0.4, 0.5) is 19.4 Å². The van der Waals surface area contributed by atoms with E-state index in [1.54, 1.807) is 49.2 Å². The molecule has 1 fully saturated rings. The number of rotatable bonds is 8. The number of urea groups is 1. The maximum atomic E-state index is 13.9. The minimum atomic E-state index is -0.973. The Hall–Kier alpha value is -3.57. The van der Waals surface area contributed by atoms with Gasteiger partial charge in [-0.15, -0.1) is 0 Å². The van der Waals surface area contributed by atoms with Crippen LogP contribution < -0.4 is 10.6 Å². The van der Waals surface area contributed by atoms with Crippen molar-refractivity contribution in [3.8, 4) is 0 Å². The molecule has 1 aliphatic carbocycles. The highest BCUT2D eigenvalue weighted by Gasteiger charge is 2.35. The fraction of sp³-hybridized carbons (Fsp3) is 0.400. The number of halogens is 2. The van der Waals surface area contributed by atoms with Crippen LogP contribution in [0.3, 0.4) is 0 Å². The minimum Gasteiger partial charge on any atom is -0.478 e. The van der Waals surface area contributed by atoms with Gasteiger partial charge in [-0.05, 0) is 24.1 Å². The number of nitrogens with zero attached hydrogens (tertiary/aromatic N) is 3. The SMILES string of the molecule is COCCN1C[C@@H](NC(=O)Nc2cc(C3C=CC(C(=O)O)=CC3)nn2C)[C@H](c2ccc(F)c(F)c2)C1. The first-order valence-corrected chi connectivity index (χ1v) is 11.6. The summed E-state index contributed by atoms with van der Waals surface area (Å²) in [4.78, 5) is 26.1. The van der Waals surface area contributed by atoms with Crippen molar-refractivity contribution in [1.82, 2.24) is 20.0 Å². The molecular formula is C25H29F2N5O4. The number of aliphatic carboxylic acids is 1. The largest absolute Gasteiger partial charge is 0.478 e. The summed E-state index contributed by atoms with van der Waals surface area (Å²) in [5, 5.41) is 19.3. The Labute approximate surface area is 207 Å². The van der Waals surface area contributed by atoms with Gasteiger partial charge in [0.05, 0.1) is 23.9 Å². The van der Waals surface area contributed by atoms with E-state index >= 15 is 0 Å². The van der Waals surface area contributed by atoms with Crippen molar-refractivity contribution in [3.63, 3.8) is 0 Å². The summed E-state index contributed by atoms with van der Waals surface area (Å²) in [6.07, 6.45) is 5.49. The Kier molecular flexibility index (Phi) is 7.80. The van der Waals surface area contributed by atoms with Gasteiger partial charge in [0.1, 0.15) is 5.82 Å². The first-order chi connectivity index (χ1) is 17.2. The highest BCUT2D eigenvalue weighted by atomic mass is 19.2. The number of carbonyl (C=O) groups is 2. The molecule has 11 heteroatoms. The molecule has 3 atom stereocenters. The summed E-state index contributed by atoms with van der Waals surface area (Å²) < 4.78 is 34.1. The molecule has 2 aliphatic rings. The van der Waals surface area contributed by atoms with Crippen LogP contribution in [0.1, 0.15) is 29.5 Å².